The van der Waals surface area contributed by atoms with Gasteiger partial charge in [0.1, 0.15) is 11.6 Å². The number of anilines is 1. The first-order valence-corrected chi connectivity index (χ1v) is 11.5. The number of hydrogen-bond acceptors (Lipinski definition) is 4. The standard InChI is InChI=1S/C22H26FIN4O2/c1-27-6-8-28(9-7-27)22(30)15-4-2-14(3-5-15)21(29)26-20-11-16-10-17(24)12-19(23)18(16)13-25-20/h10-15H,2-9H2,1H3,(H,25,26,29). The molecule has 160 valence electrons. The van der Waals surface area contributed by atoms with Crippen molar-refractivity contribution in [2.75, 3.05) is 38.5 Å². The van der Waals surface area contributed by atoms with Crippen molar-refractivity contribution in [1.29, 1.82) is 0 Å². The van der Waals surface area contributed by atoms with Gasteiger partial charge in [0.15, 0.2) is 0 Å². The second-order valence-corrected chi connectivity index (χ2v) is 9.59. The third-order valence-electron chi connectivity index (χ3n) is 6.26. The molecule has 2 heterocycles. The van der Waals surface area contributed by atoms with Crippen LogP contribution in [0.3, 0.4) is 0 Å². The highest BCUT2D eigenvalue weighted by Gasteiger charge is 2.33. The second-order valence-electron chi connectivity index (χ2n) is 8.34. The monoisotopic (exact) mass is 524 g/mol. The molecule has 1 saturated heterocycles. The second kappa shape index (κ2) is 9.13. The Balaban J connectivity index is 1.33. The van der Waals surface area contributed by atoms with Crippen molar-refractivity contribution in [2.45, 2.75) is 25.7 Å². The average Bonchev–Trinajstić information content (AvgIpc) is 2.73. The van der Waals surface area contributed by atoms with E-state index in [-0.39, 0.29) is 29.5 Å². The van der Waals surface area contributed by atoms with Crippen molar-refractivity contribution >= 4 is 51.0 Å². The highest BCUT2D eigenvalue weighted by atomic mass is 127. The summed E-state index contributed by atoms with van der Waals surface area (Å²) in [7, 11) is 2.08. The van der Waals surface area contributed by atoms with E-state index >= 15 is 0 Å². The van der Waals surface area contributed by atoms with E-state index in [2.05, 4.69) is 44.8 Å². The maximum Gasteiger partial charge on any atom is 0.228 e. The van der Waals surface area contributed by atoms with Gasteiger partial charge in [-0.05, 0) is 78.9 Å². The summed E-state index contributed by atoms with van der Waals surface area (Å²) in [5.74, 6) is 0.205. The van der Waals surface area contributed by atoms with Gasteiger partial charge in [-0.15, -0.1) is 0 Å². The number of piperazine rings is 1. The molecule has 0 radical (unpaired) electrons. The fourth-order valence-electron chi connectivity index (χ4n) is 4.36. The van der Waals surface area contributed by atoms with Crippen LogP contribution in [0, 0.1) is 21.2 Å². The number of pyridine rings is 1. The first-order valence-electron chi connectivity index (χ1n) is 10.4. The van der Waals surface area contributed by atoms with Crippen LogP contribution in [-0.2, 0) is 9.59 Å². The van der Waals surface area contributed by atoms with Crippen molar-refractivity contribution in [3.63, 3.8) is 0 Å². The molecule has 4 rings (SSSR count). The predicted molar refractivity (Wildman–Crippen MR) is 123 cm³/mol. The van der Waals surface area contributed by atoms with Crippen LogP contribution < -0.4 is 5.32 Å². The predicted octanol–water partition coefficient (Wildman–Crippen LogP) is 3.50. The first-order chi connectivity index (χ1) is 14.4. The number of likely N-dealkylation sites (N-methyl/N-ethyl adjacent to an activating group) is 1. The third-order valence-corrected chi connectivity index (χ3v) is 6.89. The van der Waals surface area contributed by atoms with Crippen LogP contribution in [0.1, 0.15) is 25.7 Å². The normalized spacial score (nSPS) is 22.8. The highest BCUT2D eigenvalue weighted by molar-refractivity contribution is 14.1. The molecule has 2 aromatic rings. The van der Waals surface area contributed by atoms with Crippen molar-refractivity contribution in [2.24, 2.45) is 11.8 Å². The summed E-state index contributed by atoms with van der Waals surface area (Å²) < 4.78 is 14.8. The molecule has 1 saturated carbocycles. The van der Waals surface area contributed by atoms with Crippen molar-refractivity contribution < 1.29 is 14.0 Å². The molecule has 1 N–H and O–H groups in total. The van der Waals surface area contributed by atoms with E-state index in [0.717, 1.165) is 42.6 Å². The number of rotatable bonds is 3. The van der Waals surface area contributed by atoms with Crippen LogP contribution in [0.4, 0.5) is 10.2 Å². The minimum Gasteiger partial charge on any atom is -0.340 e. The summed E-state index contributed by atoms with van der Waals surface area (Å²) in [5, 5.41) is 4.03. The number of nitrogens with zero attached hydrogens (tertiary/aromatic N) is 3. The van der Waals surface area contributed by atoms with Crippen LogP contribution in [0.25, 0.3) is 10.8 Å². The van der Waals surface area contributed by atoms with Gasteiger partial charge in [-0.25, -0.2) is 9.37 Å². The molecule has 30 heavy (non-hydrogen) atoms. The Morgan fingerprint density at radius 2 is 1.73 bits per heavy atom. The molecule has 0 spiro atoms. The molecule has 0 bridgehead atoms. The smallest absolute Gasteiger partial charge is 0.228 e. The molecule has 2 amide bonds. The Kier molecular flexibility index (Phi) is 6.52. The van der Waals surface area contributed by atoms with Crippen LogP contribution in [0.15, 0.2) is 24.4 Å². The van der Waals surface area contributed by atoms with E-state index in [9.17, 15) is 14.0 Å². The fourth-order valence-corrected chi connectivity index (χ4v) is 4.97. The lowest BCUT2D eigenvalue weighted by Crippen LogP contribution is -2.49. The zero-order valence-electron chi connectivity index (χ0n) is 17.0. The summed E-state index contributed by atoms with van der Waals surface area (Å²) in [6.45, 7) is 3.43. The molecule has 1 aromatic heterocycles. The lowest BCUT2D eigenvalue weighted by atomic mass is 9.81. The van der Waals surface area contributed by atoms with Crippen molar-refractivity contribution in [3.05, 3.63) is 33.8 Å². The minimum absolute atomic E-state index is 0.0290. The van der Waals surface area contributed by atoms with Gasteiger partial charge in [0, 0.05) is 53.2 Å². The van der Waals surface area contributed by atoms with Crippen LogP contribution in [-0.4, -0.2) is 59.8 Å². The first kappa shape index (κ1) is 21.4. The molecule has 0 atom stereocenters. The number of carbonyl (C=O) groups excluding carboxylic acids is 2. The van der Waals surface area contributed by atoms with Gasteiger partial charge in [0.05, 0.1) is 0 Å². The Morgan fingerprint density at radius 1 is 1.07 bits per heavy atom. The molecule has 6 nitrogen and oxygen atoms in total. The molecular formula is C22H26FIN4O2. The molecule has 2 fully saturated rings. The number of halogens is 2. The maximum atomic E-state index is 14.0. The van der Waals surface area contributed by atoms with E-state index in [4.69, 9.17) is 0 Å². The molecular weight excluding hydrogens is 498 g/mol. The topological polar surface area (TPSA) is 65.5 Å². The summed E-state index contributed by atoms with van der Waals surface area (Å²) in [6, 6.07) is 5.04. The van der Waals surface area contributed by atoms with E-state index in [1.807, 2.05) is 11.0 Å². The summed E-state index contributed by atoms with van der Waals surface area (Å²) in [4.78, 5) is 33.9. The van der Waals surface area contributed by atoms with Gasteiger partial charge >= 0.3 is 0 Å². The van der Waals surface area contributed by atoms with Crippen molar-refractivity contribution in [1.82, 2.24) is 14.8 Å². The highest BCUT2D eigenvalue weighted by Crippen LogP contribution is 2.31. The number of carbonyl (C=O) groups is 2. The van der Waals surface area contributed by atoms with E-state index < -0.39 is 0 Å². The van der Waals surface area contributed by atoms with Crippen LogP contribution in [0.5, 0.6) is 0 Å². The summed E-state index contributed by atoms with van der Waals surface area (Å²) >= 11 is 2.07. The van der Waals surface area contributed by atoms with E-state index in [1.54, 1.807) is 6.07 Å². The number of aromatic nitrogens is 1. The Morgan fingerprint density at radius 3 is 2.43 bits per heavy atom. The molecule has 2 aliphatic rings. The molecule has 1 aliphatic carbocycles. The van der Waals surface area contributed by atoms with Crippen molar-refractivity contribution in [3.8, 4) is 0 Å². The van der Waals surface area contributed by atoms with Gasteiger partial charge in [-0.1, -0.05) is 0 Å². The van der Waals surface area contributed by atoms with Crippen LogP contribution >= 0.6 is 22.6 Å². The van der Waals surface area contributed by atoms with Gasteiger partial charge in [0.25, 0.3) is 0 Å². The Hall–Kier alpha value is -1.81. The number of amides is 2. The van der Waals surface area contributed by atoms with Gasteiger partial charge in [0.2, 0.25) is 11.8 Å². The average molecular weight is 524 g/mol. The number of fused-ring (bicyclic) bond motifs is 1. The fraction of sp³-hybridized carbons (Fsp3) is 0.500. The lowest BCUT2D eigenvalue weighted by Gasteiger charge is -2.36. The Labute approximate surface area is 189 Å². The number of benzene rings is 1. The lowest BCUT2D eigenvalue weighted by molar-refractivity contribution is -0.139. The minimum atomic E-state index is -0.314. The van der Waals surface area contributed by atoms with E-state index in [0.29, 0.717) is 29.4 Å². The Bertz CT molecular complexity index is 954. The van der Waals surface area contributed by atoms with Gasteiger partial charge in [-0.2, -0.15) is 0 Å². The van der Waals surface area contributed by atoms with Gasteiger partial charge < -0.3 is 15.1 Å². The third kappa shape index (κ3) is 4.74. The molecule has 8 heteroatoms. The van der Waals surface area contributed by atoms with Crippen LogP contribution in [0.2, 0.25) is 0 Å². The summed E-state index contributed by atoms with van der Waals surface area (Å²) in [5.41, 5.74) is 0. The zero-order chi connectivity index (χ0) is 21.3. The molecule has 0 unspecified atom stereocenters. The number of hydrogen-bond donors (Lipinski definition) is 1. The van der Waals surface area contributed by atoms with Gasteiger partial charge in [-0.3, -0.25) is 9.59 Å². The maximum absolute atomic E-state index is 14.0. The SMILES string of the molecule is CN1CCN(C(=O)C2CCC(C(=O)Nc3cc4cc(I)cc(F)c4cn3)CC2)CC1. The largest absolute Gasteiger partial charge is 0.340 e. The molecule has 1 aliphatic heterocycles. The zero-order valence-corrected chi connectivity index (χ0v) is 19.2. The summed E-state index contributed by atoms with van der Waals surface area (Å²) in [6.07, 6.45) is 4.36. The number of nitrogens with one attached hydrogen (secondary N) is 1. The quantitative estimate of drug-likeness (QED) is 0.625. The molecule has 1 aromatic carbocycles. The van der Waals surface area contributed by atoms with E-state index in [1.165, 1.54) is 12.3 Å².